The van der Waals surface area contributed by atoms with Gasteiger partial charge in [0.1, 0.15) is 0 Å². The van der Waals surface area contributed by atoms with Crippen molar-refractivity contribution in [3.8, 4) is 0 Å². The molecule has 0 amide bonds. The van der Waals surface area contributed by atoms with E-state index in [4.69, 9.17) is 9.84 Å². The van der Waals surface area contributed by atoms with E-state index in [1.165, 1.54) is 12.3 Å². The summed E-state index contributed by atoms with van der Waals surface area (Å²) in [6, 6.07) is 3.00. The van der Waals surface area contributed by atoms with Crippen LogP contribution in [-0.2, 0) is 4.74 Å². The summed E-state index contributed by atoms with van der Waals surface area (Å²) in [7, 11) is 0. The Labute approximate surface area is 81.5 Å². The summed E-state index contributed by atoms with van der Waals surface area (Å²) in [5.74, 6) is -0.481. The van der Waals surface area contributed by atoms with Crippen LogP contribution in [0.1, 0.15) is 24.5 Å². The lowest BCUT2D eigenvalue weighted by Crippen LogP contribution is -2.11. The van der Waals surface area contributed by atoms with E-state index in [0.29, 0.717) is 0 Å². The van der Waals surface area contributed by atoms with Gasteiger partial charge in [-0.2, -0.15) is 4.39 Å². The minimum Gasteiger partial charge on any atom is -0.394 e. The van der Waals surface area contributed by atoms with Gasteiger partial charge in [-0.05, 0) is 24.5 Å². The summed E-state index contributed by atoms with van der Waals surface area (Å²) in [6.45, 7) is 0.0467. The molecule has 14 heavy (non-hydrogen) atoms. The Morgan fingerprint density at radius 3 is 2.93 bits per heavy atom. The van der Waals surface area contributed by atoms with Gasteiger partial charge in [-0.1, -0.05) is 6.07 Å². The predicted octanol–water partition coefficient (Wildman–Crippen LogP) is 1.43. The predicted molar refractivity (Wildman–Crippen MR) is 48.1 cm³/mol. The second-order valence-corrected chi connectivity index (χ2v) is 3.42. The fourth-order valence-corrected chi connectivity index (χ4v) is 1.66. The standard InChI is InChI=1S/C10H12FNO2/c11-10-4-1-7(5-12-10)9-3-2-8(6-13)14-9/h1,4-5,8-9,13H,2-3,6H2. The number of aliphatic hydroxyl groups excluding tert-OH is 1. The lowest BCUT2D eigenvalue weighted by Gasteiger charge is -2.11. The largest absolute Gasteiger partial charge is 0.394 e. The highest BCUT2D eigenvalue weighted by atomic mass is 19.1. The van der Waals surface area contributed by atoms with Crippen LogP contribution in [0.5, 0.6) is 0 Å². The average molecular weight is 197 g/mol. The molecule has 4 heteroatoms. The molecule has 1 N–H and O–H groups in total. The maximum absolute atomic E-state index is 12.5. The maximum atomic E-state index is 12.5. The van der Waals surface area contributed by atoms with Crippen molar-refractivity contribution in [1.29, 1.82) is 0 Å². The van der Waals surface area contributed by atoms with E-state index < -0.39 is 5.95 Å². The van der Waals surface area contributed by atoms with Crippen LogP contribution in [0.2, 0.25) is 0 Å². The number of halogens is 1. The number of nitrogens with zero attached hydrogens (tertiary/aromatic N) is 1. The molecule has 1 aliphatic rings. The van der Waals surface area contributed by atoms with Gasteiger partial charge in [0.2, 0.25) is 5.95 Å². The molecule has 76 valence electrons. The van der Waals surface area contributed by atoms with E-state index in [-0.39, 0.29) is 18.8 Å². The molecule has 0 bridgehead atoms. The molecule has 1 aromatic rings. The number of hydrogen-bond acceptors (Lipinski definition) is 3. The Morgan fingerprint density at radius 1 is 1.50 bits per heavy atom. The van der Waals surface area contributed by atoms with E-state index in [1.807, 2.05) is 0 Å². The van der Waals surface area contributed by atoms with E-state index in [9.17, 15) is 4.39 Å². The van der Waals surface area contributed by atoms with Gasteiger partial charge in [-0.3, -0.25) is 0 Å². The average Bonchev–Trinajstić information content (AvgIpc) is 2.67. The number of rotatable bonds is 2. The van der Waals surface area contributed by atoms with Crippen LogP contribution < -0.4 is 0 Å². The Balaban J connectivity index is 2.06. The van der Waals surface area contributed by atoms with Crippen LogP contribution >= 0.6 is 0 Å². The molecule has 1 aliphatic heterocycles. The minimum atomic E-state index is -0.481. The Hall–Kier alpha value is -1.00. The second kappa shape index (κ2) is 4.02. The Morgan fingerprint density at radius 2 is 2.36 bits per heavy atom. The third kappa shape index (κ3) is 1.91. The lowest BCUT2D eigenvalue weighted by molar-refractivity contribution is 0.0108. The topological polar surface area (TPSA) is 42.4 Å². The number of ether oxygens (including phenoxy) is 1. The number of aromatic nitrogens is 1. The van der Waals surface area contributed by atoms with Crippen LogP contribution in [0.3, 0.4) is 0 Å². The molecule has 2 atom stereocenters. The molecule has 0 saturated carbocycles. The zero-order valence-corrected chi connectivity index (χ0v) is 7.69. The fraction of sp³-hybridized carbons (Fsp3) is 0.500. The third-order valence-corrected chi connectivity index (χ3v) is 2.43. The molecule has 2 unspecified atom stereocenters. The third-order valence-electron chi connectivity index (χ3n) is 2.43. The first-order valence-electron chi connectivity index (χ1n) is 4.67. The molecule has 0 spiro atoms. The second-order valence-electron chi connectivity index (χ2n) is 3.42. The van der Waals surface area contributed by atoms with Gasteiger partial charge in [-0.25, -0.2) is 4.98 Å². The molecular formula is C10H12FNO2. The summed E-state index contributed by atoms with van der Waals surface area (Å²) in [5, 5.41) is 8.87. The number of pyridine rings is 1. The maximum Gasteiger partial charge on any atom is 0.212 e. The highest BCUT2D eigenvalue weighted by Gasteiger charge is 2.25. The zero-order valence-electron chi connectivity index (χ0n) is 7.69. The quantitative estimate of drug-likeness (QED) is 0.729. The van der Waals surface area contributed by atoms with Crippen molar-refractivity contribution in [2.75, 3.05) is 6.61 Å². The van der Waals surface area contributed by atoms with Gasteiger partial charge in [0.15, 0.2) is 0 Å². The molecular weight excluding hydrogens is 185 g/mol. The van der Waals surface area contributed by atoms with Crippen molar-refractivity contribution in [2.45, 2.75) is 25.0 Å². The number of aliphatic hydroxyl groups is 1. The van der Waals surface area contributed by atoms with Crippen molar-refractivity contribution in [2.24, 2.45) is 0 Å². The first kappa shape index (κ1) is 9.55. The van der Waals surface area contributed by atoms with E-state index >= 15 is 0 Å². The molecule has 0 radical (unpaired) electrons. The van der Waals surface area contributed by atoms with Crippen LogP contribution in [0, 0.1) is 5.95 Å². The molecule has 0 aromatic carbocycles. The van der Waals surface area contributed by atoms with Gasteiger partial charge < -0.3 is 9.84 Å². The Bertz CT molecular complexity index is 301. The molecule has 0 aliphatic carbocycles. The first-order valence-corrected chi connectivity index (χ1v) is 4.67. The molecule has 1 fully saturated rings. The number of hydrogen-bond donors (Lipinski definition) is 1. The SMILES string of the molecule is OCC1CCC(c2ccc(F)nc2)O1. The highest BCUT2D eigenvalue weighted by molar-refractivity contribution is 5.13. The summed E-state index contributed by atoms with van der Waals surface area (Å²) < 4.78 is 18.0. The normalized spacial score (nSPS) is 26.7. The summed E-state index contributed by atoms with van der Waals surface area (Å²) in [6.07, 6.45) is 3.07. The zero-order chi connectivity index (χ0) is 9.97. The fourth-order valence-electron chi connectivity index (χ4n) is 1.66. The smallest absolute Gasteiger partial charge is 0.212 e. The first-order chi connectivity index (χ1) is 6.79. The van der Waals surface area contributed by atoms with Crippen molar-refractivity contribution in [1.82, 2.24) is 4.98 Å². The van der Waals surface area contributed by atoms with Gasteiger partial charge in [0, 0.05) is 6.20 Å². The van der Waals surface area contributed by atoms with Crippen molar-refractivity contribution < 1.29 is 14.2 Å². The van der Waals surface area contributed by atoms with E-state index in [2.05, 4.69) is 4.98 Å². The van der Waals surface area contributed by atoms with Crippen LogP contribution in [0.25, 0.3) is 0 Å². The highest BCUT2D eigenvalue weighted by Crippen LogP contribution is 2.31. The minimum absolute atomic E-state index is 0.0414. The van der Waals surface area contributed by atoms with Gasteiger partial charge in [0.25, 0.3) is 0 Å². The summed E-state index contributed by atoms with van der Waals surface area (Å²) in [4.78, 5) is 3.57. The molecule has 1 saturated heterocycles. The monoisotopic (exact) mass is 197 g/mol. The van der Waals surface area contributed by atoms with Crippen molar-refractivity contribution >= 4 is 0 Å². The van der Waals surface area contributed by atoms with Gasteiger partial charge >= 0.3 is 0 Å². The van der Waals surface area contributed by atoms with E-state index in [0.717, 1.165) is 18.4 Å². The van der Waals surface area contributed by atoms with Crippen LogP contribution in [0.15, 0.2) is 18.3 Å². The summed E-state index contributed by atoms with van der Waals surface area (Å²) in [5.41, 5.74) is 0.877. The Kier molecular flexibility index (Phi) is 2.74. The van der Waals surface area contributed by atoms with E-state index in [1.54, 1.807) is 6.07 Å². The van der Waals surface area contributed by atoms with Crippen molar-refractivity contribution in [3.63, 3.8) is 0 Å². The van der Waals surface area contributed by atoms with Gasteiger partial charge in [0.05, 0.1) is 18.8 Å². The lowest BCUT2D eigenvalue weighted by atomic mass is 10.1. The summed E-state index contributed by atoms with van der Waals surface area (Å²) >= 11 is 0. The van der Waals surface area contributed by atoms with Gasteiger partial charge in [-0.15, -0.1) is 0 Å². The molecule has 2 rings (SSSR count). The molecule has 2 heterocycles. The molecule has 3 nitrogen and oxygen atoms in total. The van der Waals surface area contributed by atoms with Crippen molar-refractivity contribution in [3.05, 3.63) is 29.8 Å². The van der Waals surface area contributed by atoms with Crippen LogP contribution in [-0.4, -0.2) is 22.8 Å². The molecule has 1 aromatic heterocycles. The van der Waals surface area contributed by atoms with Crippen LogP contribution in [0.4, 0.5) is 4.39 Å².